The van der Waals surface area contributed by atoms with Gasteiger partial charge in [-0.3, -0.25) is 9.88 Å². The maximum atomic E-state index is 12.2. The monoisotopic (exact) mass is 248 g/mol. The highest BCUT2D eigenvalue weighted by Crippen LogP contribution is 2.16. The van der Waals surface area contributed by atoms with Crippen molar-refractivity contribution in [1.29, 1.82) is 0 Å². The standard InChI is InChI=1S/C11H15F3N2O/c12-11(13,14)9-16(7-8-17)6-3-10-1-4-15-5-2-10/h1-2,4-5,17H,3,6-9H2. The molecule has 0 saturated carbocycles. The van der Waals surface area contributed by atoms with E-state index in [1.807, 2.05) is 0 Å². The Kier molecular flexibility index (Phi) is 5.37. The lowest BCUT2D eigenvalue weighted by molar-refractivity contribution is -0.146. The molecule has 0 radical (unpaired) electrons. The minimum atomic E-state index is -4.23. The number of pyridine rings is 1. The average Bonchev–Trinajstić information content (AvgIpc) is 2.26. The predicted octanol–water partition coefficient (Wildman–Crippen LogP) is 1.48. The first-order valence-corrected chi connectivity index (χ1v) is 5.30. The van der Waals surface area contributed by atoms with Crippen LogP contribution in [0.15, 0.2) is 24.5 Å². The van der Waals surface area contributed by atoms with Crippen LogP contribution in [0.5, 0.6) is 0 Å². The van der Waals surface area contributed by atoms with Crippen molar-refractivity contribution in [3.63, 3.8) is 0 Å². The first-order valence-electron chi connectivity index (χ1n) is 5.30. The second-order valence-corrected chi connectivity index (χ2v) is 3.72. The van der Waals surface area contributed by atoms with E-state index < -0.39 is 12.7 Å². The molecule has 0 bridgehead atoms. The van der Waals surface area contributed by atoms with Crippen molar-refractivity contribution in [3.8, 4) is 0 Å². The minimum Gasteiger partial charge on any atom is -0.395 e. The van der Waals surface area contributed by atoms with E-state index in [1.165, 1.54) is 4.90 Å². The molecule has 1 aromatic heterocycles. The lowest BCUT2D eigenvalue weighted by Crippen LogP contribution is -2.37. The molecule has 0 aliphatic rings. The van der Waals surface area contributed by atoms with Crippen molar-refractivity contribution in [1.82, 2.24) is 9.88 Å². The van der Waals surface area contributed by atoms with E-state index in [0.29, 0.717) is 6.42 Å². The molecular weight excluding hydrogens is 233 g/mol. The molecule has 1 N–H and O–H groups in total. The van der Waals surface area contributed by atoms with Gasteiger partial charge >= 0.3 is 6.18 Å². The molecule has 0 unspecified atom stereocenters. The van der Waals surface area contributed by atoms with Crippen LogP contribution in [0, 0.1) is 0 Å². The first-order chi connectivity index (χ1) is 8.01. The summed E-state index contributed by atoms with van der Waals surface area (Å²) in [5.74, 6) is 0. The molecule has 0 fully saturated rings. The Hall–Kier alpha value is -1.14. The Balaban J connectivity index is 2.44. The van der Waals surface area contributed by atoms with Crippen LogP contribution in [-0.2, 0) is 6.42 Å². The van der Waals surface area contributed by atoms with E-state index >= 15 is 0 Å². The molecule has 96 valence electrons. The van der Waals surface area contributed by atoms with Crippen molar-refractivity contribution in [2.75, 3.05) is 26.2 Å². The van der Waals surface area contributed by atoms with E-state index in [1.54, 1.807) is 24.5 Å². The van der Waals surface area contributed by atoms with E-state index in [4.69, 9.17) is 5.11 Å². The van der Waals surface area contributed by atoms with Gasteiger partial charge in [0.15, 0.2) is 0 Å². The van der Waals surface area contributed by atoms with Crippen LogP contribution in [0.1, 0.15) is 5.56 Å². The highest BCUT2D eigenvalue weighted by molar-refractivity contribution is 5.09. The lowest BCUT2D eigenvalue weighted by atomic mass is 10.2. The van der Waals surface area contributed by atoms with Gasteiger partial charge in [0.1, 0.15) is 0 Å². The van der Waals surface area contributed by atoms with Crippen LogP contribution in [0.4, 0.5) is 13.2 Å². The van der Waals surface area contributed by atoms with Crippen LogP contribution >= 0.6 is 0 Å². The Morgan fingerprint density at radius 2 is 1.82 bits per heavy atom. The van der Waals surface area contributed by atoms with Crippen molar-refractivity contribution < 1.29 is 18.3 Å². The summed E-state index contributed by atoms with van der Waals surface area (Å²) in [4.78, 5) is 5.03. The fraction of sp³-hybridized carbons (Fsp3) is 0.545. The van der Waals surface area contributed by atoms with Crippen LogP contribution in [0.2, 0.25) is 0 Å². The van der Waals surface area contributed by atoms with E-state index in [9.17, 15) is 13.2 Å². The van der Waals surface area contributed by atoms with Crippen molar-refractivity contribution in [2.24, 2.45) is 0 Å². The number of nitrogens with zero attached hydrogens (tertiary/aromatic N) is 2. The van der Waals surface area contributed by atoms with Crippen LogP contribution in [-0.4, -0.2) is 47.4 Å². The van der Waals surface area contributed by atoms with Crippen molar-refractivity contribution >= 4 is 0 Å². The second-order valence-electron chi connectivity index (χ2n) is 3.72. The SMILES string of the molecule is OCCN(CCc1ccncc1)CC(F)(F)F. The lowest BCUT2D eigenvalue weighted by Gasteiger charge is -2.22. The zero-order chi connectivity index (χ0) is 12.7. The molecular formula is C11H15F3N2O. The Bertz CT molecular complexity index is 316. The Morgan fingerprint density at radius 1 is 1.18 bits per heavy atom. The molecule has 3 nitrogen and oxygen atoms in total. The first kappa shape index (κ1) is 13.9. The molecule has 1 rings (SSSR count). The smallest absolute Gasteiger partial charge is 0.395 e. The number of hydrogen-bond donors (Lipinski definition) is 1. The minimum absolute atomic E-state index is 0.0323. The molecule has 0 atom stereocenters. The quantitative estimate of drug-likeness (QED) is 0.828. The van der Waals surface area contributed by atoms with Gasteiger partial charge in [-0.1, -0.05) is 0 Å². The summed E-state index contributed by atoms with van der Waals surface area (Å²) in [6, 6.07) is 3.54. The Labute approximate surface area is 97.9 Å². The van der Waals surface area contributed by atoms with Gasteiger partial charge in [0.2, 0.25) is 0 Å². The van der Waals surface area contributed by atoms with Gasteiger partial charge in [-0.15, -0.1) is 0 Å². The summed E-state index contributed by atoms with van der Waals surface area (Å²) in [6.07, 6.45) is -0.503. The highest BCUT2D eigenvalue weighted by atomic mass is 19.4. The summed E-state index contributed by atoms with van der Waals surface area (Å²) in [5, 5.41) is 8.71. The fourth-order valence-electron chi connectivity index (χ4n) is 1.50. The molecule has 0 aromatic carbocycles. The number of aromatic nitrogens is 1. The zero-order valence-corrected chi connectivity index (χ0v) is 9.32. The number of aliphatic hydroxyl groups excluding tert-OH is 1. The maximum Gasteiger partial charge on any atom is 0.401 e. The fourth-order valence-corrected chi connectivity index (χ4v) is 1.50. The molecule has 0 aliphatic carbocycles. The number of rotatable bonds is 6. The molecule has 0 saturated heterocycles. The summed E-state index contributed by atoms with van der Waals surface area (Å²) in [7, 11) is 0. The maximum absolute atomic E-state index is 12.2. The summed E-state index contributed by atoms with van der Waals surface area (Å²) >= 11 is 0. The number of aliphatic hydroxyl groups is 1. The largest absolute Gasteiger partial charge is 0.401 e. The van der Waals surface area contributed by atoms with Gasteiger partial charge in [-0.2, -0.15) is 13.2 Å². The Morgan fingerprint density at radius 3 is 2.35 bits per heavy atom. The van der Waals surface area contributed by atoms with E-state index in [0.717, 1.165) is 5.56 Å². The van der Waals surface area contributed by atoms with Gasteiger partial charge in [-0.25, -0.2) is 0 Å². The topological polar surface area (TPSA) is 36.4 Å². The third-order valence-corrected chi connectivity index (χ3v) is 2.29. The highest BCUT2D eigenvalue weighted by Gasteiger charge is 2.30. The third kappa shape index (κ3) is 6.23. The van der Waals surface area contributed by atoms with Crippen molar-refractivity contribution in [3.05, 3.63) is 30.1 Å². The normalized spacial score (nSPS) is 12.1. The molecule has 17 heavy (non-hydrogen) atoms. The van der Waals surface area contributed by atoms with E-state index in [-0.39, 0.29) is 19.7 Å². The molecule has 1 heterocycles. The molecule has 0 amide bonds. The number of hydrogen-bond acceptors (Lipinski definition) is 3. The number of halogens is 3. The second kappa shape index (κ2) is 6.56. The number of alkyl halides is 3. The van der Waals surface area contributed by atoms with Crippen LogP contribution in [0.3, 0.4) is 0 Å². The summed E-state index contributed by atoms with van der Waals surface area (Å²) in [5.41, 5.74) is 0.935. The third-order valence-electron chi connectivity index (χ3n) is 2.29. The van der Waals surface area contributed by atoms with Gasteiger partial charge in [0, 0.05) is 25.5 Å². The van der Waals surface area contributed by atoms with Gasteiger partial charge in [-0.05, 0) is 24.1 Å². The van der Waals surface area contributed by atoms with E-state index in [2.05, 4.69) is 4.98 Å². The van der Waals surface area contributed by atoms with Gasteiger partial charge in [0.05, 0.1) is 13.2 Å². The summed E-state index contributed by atoms with van der Waals surface area (Å²) in [6.45, 7) is -0.959. The molecule has 6 heteroatoms. The average molecular weight is 248 g/mol. The molecule has 1 aromatic rings. The molecule has 0 aliphatic heterocycles. The predicted molar refractivity (Wildman–Crippen MR) is 57.5 cm³/mol. The van der Waals surface area contributed by atoms with Gasteiger partial charge < -0.3 is 5.11 Å². The van der Waals surface area contributed by atoms with Crippen LogP contribution in [0.25, 0.3) is 0 Å². The summed E-state index contributed by atoms with van der Waals surface area (Å²) < 4.78 is 36.7. The molecule has 0 spiro atoms. The van der Waals surface area contributed by atoms with Crippen LogP contribution < -0.4 is 0 Å². The van der Waals surface area contributed by atoms with Gasteiger partial charge in [0.25, 0.3) is 0 Å². The van der Waals surface area contributed by atoms with Crippen molar-refractivity contribution in [2.45, 2.75) is 12.6 Å². The zero-order valence-electron chi connectivity index (χ0n) is 9.32.